The molecule has 1 saturated heterocycles. The SMILES string of the molecule is Cc1ccc2nc(Nc3cc(CN4CCC(F)(F)CC4)cc(-c4cnn(C)c4)c3)ncc2c1. The van der Waals surface area contributed by atoms with Crippen LogP contribution >= 0.6 is 0 Å². The third-order valence-corrected chi connectivity index (χ3v) is 6.02. The molecule has 8 heteroatoms. The first kappa shape index (κ1) is 21.5. The van der Waals surface area contributed by atoms with Crippen molar-refractivity contribution in [3.8, 4) is 11.1 Å². The van der Waals surface area contributed by atoms with Crippen LogP contribution in [0.5, 0.6) is 0 Å². The maximum atomic E-state index is 13.6. The molecule has 0 bridgehead atoms. The average molecular weight is 449 g/mol. The minimum Gasteiger partial charge on any atom is -0.324 e. The lowest BCUT2D eigenvalue weighted by Gasteiger charge is -2.31. The van der Waals surface area contributed by atoms with Crippen molar-refractivity contribution in [2.45, 2.75) is 32.2 Å². The molecule has 1 fully saturated rings. The number of nitrogens with zero attached hydrogens (tertiary/aromatic N) is 5. The van der Waals surface area contributed by atoms with E-state index in [9.17, 15) is 8.78 Å². The molecule has 0 unspecified atom stereocenters. The highest BCUT2D eigenvalue weighted by Crippen LogP contribution is 2.31. The monoisotopic (exact) mass is 448 g/mol. The molecule has 0 saturated carbocycles. The second-order valence-electron chi connectivity index (χ2n) is 8.83. The summed E-state index contributed by atoms with van der Waals surface area (Å²) in [5, 5.41) is 8.61. The van der Waals surface area contributed by atoms with E-state index in [1.807, 2.05) is 56.8 Å². The molecule has 0 amide bonds. The van der Waals surface area contributed by atoms with Gasteiger partial charge >= 0.3 is 0 Å². The Bertz CT molecular complexity index is 1290. The van der Waals surface area contributed by atoms with Crippen LogP contribution in [0.1, 0.15) is 24.0 Å². The number of piperidine rings is 1. The fourth-order valence-electron chi connectivity index (χ4n) is 4.23. The number of aromatic nitrogens is 4. The number of hydrogen-bond donors (Lipinski definition) is 1. The van der Waals surface area contributed by atoms with Crippen molar-refractivity contribution >= 4 is 22.5 Å². The summed E-state index contributed by atoms with van der Waals surface area (Å²) in [5.74, 6) is -2.04. The number of likely N-dealkylation sites (tertiary alicyclic amines) is 1. The number of benzene rings is 2. The molecule has 2 aromatic heterocycles. The fourth-order valence-corrected chi connectivity index (χ4v) is 4.23. The third kappa shape index (κ3) is 5.01. The Hall–Kier alpha value is -3.39. The number of anilines is 2. The lowest BCUT2D eigenvalue weighted by Crippen LogP contribution is -2.38. The molecule has 6 nitrogen and oxygen atoms in total. The van der Waals surface area contributed by atoms with Crippen molar-refractivity contribution in [2.75, 3.05) is 18.4 Å². The Labute approximate surface area is 191 Å². The molecule has 1 aliphatic heterocycles. The number of rotatable bonds is 5. The first-order valence-electron chi connectivity index (χ1n) is 11.1. The van der Waals surface area contributed by atoms with Crippen LogP contribution in [0.2, 0.25) is 0 Å². The van der Waals surface area contributed by atoms with Gasteiger partial charge in [0.1, 0.15) is 0 Å². The Morgan fingerprint density at radius 3 is 2.61 bits per heavy atom. The van der Waals surface area contributed by atoms with Crippen LogP contribution < -0.4 is 5.32 Å². The molecule has 0 radical (unpaired) electrons. The average Bonchev–Trinajstić information content (AvgIpc) is 3.22. The van der Waals surface area contributed by atoms with Gasteiger partial charge in [-0.15, -0.1) is 0 Å². The highest BCUT2D eigenvalue weighted by atomic mass is 19.3. The Balaban J connectivity index is 1.44. The molecule has 0 aliphatic carbocycles. The van der Waals surface area contributed by atoms with Crippen LogP contribution in [0.4, 0.5) is 20.4 Å². The van der Waals surface area contributed by atoms with Gasteiger partial charge in [0.25, 0.3) is 5.92 Å². The van der Waals surface area contributed by atoms with E-state index in [-0.39, 0.29) is 12.8 Å². The van der Waals surface area contributed by atoms with Crippen LogP contribution in [-0.4, -0.2) is 43.7 Å². The second kappa shape index (κ2) is 8.51. The zero-order valence-corrected chi connectivity index (χ0v) is 18.7. The fraction of sp³-hybridized carbons (Fsp3) is 0.320. The number of aryl methyl sites for hydroxylation is 2. The molecule has 33 heavy (non-hydrogen) atoms. The highest BCUT2D eigenvalue weighted by molar-refractivity contribution is 5.80. The summed E-state index contributed by atoms with van der Waals surface area (Å²) >= 11 is 0. The van der Waals surface area contributed by atoms with E-state index in [1.54, 1.807) is 4.68 Å². The largest absolute Gasteiger partial charge is 0.324 e. The van der Waals surface area contributed by atoms with Gasteiger partial charge in [-0.1, -0.05) is 11.6 Å². The van der Waals surface area contributed by atoms with Crippen LogP contribution in [-0.2, 0) is 13.6 Å². The van der Waals surface area contributed by atoms with Crippen LogP contribution in [0.3, 0.4) is 0 Å². The van der Waals surface area contributed by atoms with Crippen molar-refractivity contribution < 1.29 is 8.78 Å². The molecule has 1 N–H and O–H groups in total. The number of alkyl halides is 2. The first-order chi connectivity index (χ1) is 15.8. The Morgan fingerprint density at radius 1 is 1.03 bits per heavy atom. The van der Waals surface area contributed by atoms with Gasteiger partial charge < -0.3 is 5.32 Å². The van der Waals surface area contributed by atoms with Crippen molar-refractivity contribution in [1.29, 1.82) is 0 Å². The lowest BCUT2D eigenvalue weighted by molar-refractivity contribution is -0.0566. The normalized spacial score (nSPS) is 16.2. The van der Waals surface area contributed by atoms with Gasteiger partial charge in [0, 0.05) is 68.6 Å². The number of fused-ring (bicyclic) bond motifs is 1. The van der Waals surface area contributed by atoms with E-state index < -0.39 is 5.92 Å². The number of halogens is 2. The summed E-state index contributed by atoms with van der Waals surface area (Å²) in [5.41, 5.74) is 5.91. The molecular weight excluding hydrogens is 422 g/mol. The summed E-state index contributed by atoms with van der Waals surface area (Å²) in [7, 11) is 1.88. The number of hydrogen-bond acceptors (Lipinski definition) is 5. The molecule has 4 aromatic rings. The Morgan fingerprint density at radius 2 is 1.85 bits per heavy atom. The topological polar surface area (TPSA) is 58.9 Å². The predicted octanol–water partition coefficient (Wildman–Crippen LogP) is 5.31. The number of nitrogens with one attached hydrogen (secondary N) is 1. The van der Waals surface area contributed by atoms with Gasteiger partial charge in [-0.2, -0.15) is 5.10 Å². The van der Waals surface area contributed by atoms with Gasteiger partial charge in [-0.25, -0.2) is 18.7 Å². The molecule has 170 valence electrons. The molecule has 2 aromatic carbocycles. The van der Waals surface area contributed by atoms with Crippen LogP contribution in [0.25, 0.3) is 22.0 Å². The quantitative estimate of drug-likeness (QED) is 0.448. The van der Waals surface area contributed by atoms with Crippen molar-refractivity contribution in [3.63, 3.8) is 0 Å². The van der Waals surface area contributed by atoms with Gasteiger partial charge in [0.15, 0.2) is 0 Å². The summed E-state index contributed by atoms with van der Waals surface area (Å²) in [6.07, 6.45) is 5.41. The molecular formula is C25H26F2N6. The molecule has 3 heterocycles. The van der Waals surface area contributed by atoms with Crippen molar-refractivity contribution in [1.82, 2.24) is 24.6 Å². The van der Waals surface area contributed by atoms with E-state index in [0.717, 1.165) is 38.8 Å². The summed E-state index contributed by atoms with van der Waals surface area (Å²) < 4.78 is 28.9. The molecule has 1 aliphatic rings. The maximum Gasteiger partial charge on any atom is 0.250 e. The molecule has 5 rings (SSSR count). The third-order valence-electron chi connectivity index (χ3n) is 6.02. The van der Waals surface area contributed by atoms with Gasteiger partial charge in [-0.3, -0.25) is 9.58 Å². The van der Waals surface area contributed by atoms with E-state index in [4.69, 9.17) is 0 Å². The maximum absolute atomic E-state index is 13.6. The zero-order valence-electron chi connectivity index (χ0n) is 18.7. The van der Waals surface area contributed by atoms with Gasteiger partial charge in [0.2, 0.25) is 5.95 Å². The Kier molecular flexibility index (Phi) is 5.54. The molecule has 0 spiro atoms. The smallest absolute Gasteiger partial charge is 0.250 e. The van der Waals surface area contributed by atoms with Gasteiger partial charge in [0.05, 0.1) is 11.7 Å². The van der Waals surface area contributed by atoms with E-state index in [1.165, 1.54) is 0 Å². The van der Waals surface area contributed by atoms with Crippen molar-refractivity contribution in [3.05, 3.63) is 66.1 Å². The van der Waals surface area contributed by atoms with E-state index in [2.05, 4.69) is 37.4 Å². The minimum absolute atomic E-state index is 0.0925. The van der Waals surface area contributed by atoms with Crippen LogP contribution in [0.15, 0.2) is 55.0 Å². The minimum atomic E-state index is -2.55. The van der Waals surface area contributed by atoms with Gasteiger partial charge in [-0.05, 0) is 48.4 Å². The summed E-state index contributed by atoms with van der Waals surface area (Å²) in [6.45, 7) is 3.43. The van der Waals surface area contributed by atoms with E-state index >= 15 is 0 Å². The van der Waals surface area contributed by atoms with Crippen LogP contribution in [0, 0.1) is 6.92 Å². The predicted molar refractivity (Wildman–Crippen MR) is 126 cm³/mol. The first-order valence-corrected chi connectivity index (χ1v) is 11.1. The molecule has 0 atom stereocenters. The summed E-state index contributed by atoms with van der Waals surface area (Å²) in [6, 6.07) is 12.2. The zero-order chi connectivity index (χ0) is 23.0. The lowest BCUT2D eigenvalue weighted by atomic mass is 10.0. The standard InChI is InChI=1S/C25H26F2N6/c1-17-3-4-23-20(9-17)13-28-24(31-23)30-22-11-18(15-33-7-5-25(26,27)6-8-33)10-19(12-22)21-14-29-32(2)16-21/h3-4,9-14,16H,5-8,15H2,1-2H3,(H,28,30,31). The van der Waals surface area contributed by atoms with Crippen molar-refractivity contribution in [2.24, 2.45) is 7.05 Å². The van der Waals surface area contributed by atoms with E-state index in [0.29, 0.717) is 25.6 Å². The summed E-state index contributed by atoms with van der Waals surface area (Å²) in [4.78, 5) is 11.2. The highest BCUT2D eigenvalue weighted by Gasteiger charge is 2.33. The second-order valence-corrected chi connectivity index (χ2v) is 8.83.